The molecule has 0 saturated carbocycles. The minimum Gasteiger partial charge on any atom is -0.462 e. The molecule has 0 radical (unpaired) electrons. The minimum absolute atomic E-state index is 0.0713. The standard InChI is InChI=1S/C57H102O5/c1-3-5-7-9-11-13-15-17-19-21-23-24-25-26-27-28-29-30-31-32-34-35-37-39-41-43-45-47-49-51-56(59)61-54-55(53-58)62-57(60)52-50-48-46-44-42-40-38-36-33-22-20-18-16-14-12-10-8-6-4-2/h6,8,12,14,18,20-21,23,33,36,55,58H,3-5,7,9-11,13,15-17,19,22,24-32,34-35,37-54H2,1-2H3/b8-6-,14-12-,20-18-,23-21-,36-33-. The molecule has 0 aromatic rings. The van der Waals surface area contributed by atoms with Gasteiger partial charge in [0, 0.05) is 12.8 Å². The van der Waals surface area contributed by atoms with E-state index in [-0.39, 0.29) is 25.2 Å². The molecule has 0 aliphatic heterocycles. The largest absolute Gasteiger partial charge is 0.462 e. The Labute approximate surface area is 385 Å². The molecule has 0 amide bonds. The normalized spacial score (nSPS) is 12.6. The quantitative estimate of drug-likeness (QED) is 0.0375. The summed E-state index contributed by atoms with van der Waals surface area (Å²) >= 11 is 0. The minimum atomic E-state index is -0.781. The van der Waals surface area contributed by atoms with Gasteiger partial charge in [0.15, 0.2) is 6.10 Å². The third-order valence-electron chi connectivity index (χ3n) is 11.8. The number of unbranched alkanes of at least 4 members (excludes halogenated alkanes) is 31. The lowest BCUT2D eigenvalue weighted by molar-refractivity contribution is -0.161. The monoisotopic (exact) mass is 867 g/mol. The van der Waals surface area contributed by atoms with Gasteiger partial charge in [-0.2, -0.15) is 0 Å². The Balaban J connectivity index is 3.47. The fourth-order valence-corrected chi connectivity index (χ4v) is 7.78. The number of ether oxygens (including phenoxy) is 2. The molecule has 0 aromatic carbocycles. The Kier molecular flexibility index (Phi) is 50.9. The van der Waals surface area contributed by atoms with Gasteiger partial charge in [-0.1, -0.05) is 242 Å². The number of hydrogen-bond acceptors (Lipinski definition) is 5. The van der Waals surface area contributed by atoms with Crippen molar-refractivity contribution in [1.29, 1.82) is 0 Å². The molecule has 0 bridgehead atoms. The lowest BCUT2D eigenvalue weighted by Crippen LogP contribution is -2.28. The van der Waals surface area contributed by atoms with Gasteiger partial charge in [-0.05, 0) is 77.0 Å². The molecule has 5 heteroatoms. The first-order valence-corrected chi connectivity index (χ1v) is 26.8. The van der Waals surface area contributed by atoms with Crippen molar-refractivity contribution in [3.63, 3.8) is 0 Å². The maximum Gasteiger partial charge on any atom is 0.306 e. The summed E-state index contributed by atoms with van der Waals surface area (Å²) in [4.78, 5) is 24.5. The Hall–Kier alpha value is -2.40. The number of hydrogen-bond donors (Lipinski definition) is 1. The topological polar surface area (TPSA) is 72.8 Å². The Morgan fingerprint density at radius 3 is 1.06 bits per heavy atom. The molecule has 0 fully saturated rings. The highest BCUT2D eigenvalue weighted by Crippen LogP contribution is 2.16. The smallest absolute Gasteiger partial charge is 0.306 e. The first-order valence-electron chi connectivity index (χ1n) is 26.8. The molecule has 1 atom stereocenters. The van der Waals surface area contributed by atoms with Crippen molar-refractivity contribution in [2.75, 3.05) is 13.2 Å². The highest BCUT2D eigenvalue weighted by Gasteiger charge is 2.16. The summed E-state index contributed by atoms with van der Waals surface area (Å²) in [5, 5.41) is 9.63. The van der Waals surface area contributed by atoms with E-state index in [1.807, 2.05) is 0 Å². The number of aliphatic hydroxyl groups is 1. The molecule has 1 N–H and O–H groups in total. The van der Waals surface area contributed by atoms with Crippen LogP contribution in [-0.2, 0) is 19.1 Å². The number of carbonyl (C=O) groups excluding carboxylic acids is 2. The average molecular weight is 867 g/mol. The Morgan fingerprint density at radius 1 is 0.387 bits per heavy atom. The Bertz CT molecular complexity index is 1070. The molecule has 5 nitrogen and oxygen atoms in total. The maximum atomic E-state index is 12.3. The van der Waals surface area contributed by atoms with Crippen LogP contribution < -0.4 is 0 Å². The first-order chi connectivity index (χ1) is 30.6. The molecule has 0 rings (SSSR count). The summed E-state index contributed by atoms with van der Waals surface area (Å²) in [6.45, 7) is 4.04. The van der Waals surface area contributed by atoms with E-state index in [1.54, 1.807) is 0 Å². The molecular formula is C57H102O5. The fraction of sp³-hybridized carbons (Fsp3) is 0.789. The zero-order valence-corrected chi connectivity index (χ0v) is 41.1. The van der Waals surface area contributed by atoms with Crippen LogP contribution in [-0.4, -0.2) is 36.4 Å². The summed E-state index contributed by atoms with van der Waals surface area (Å²) in [5.74, 6) is -0.599. The summed E-state index contributed by atoms with van der Waals surface area (Å²) < 4.78 is 10.7. The maximum absolute atomic E-state index is 12.3. The van der Waals surface area contributed by atoms with Gasteiger partial charge in [0.2, 0.25) is 0 Å². The van der Waals surface area contributed by atoms with Crippen molar-refractivity contribution in [3.8, 4) is 0 Å². The van der Waals surface area contributed by atoms with Crippen LogP contribution in [0.25, 0.3) is 0 Å². The van der Waals surface area contributed by atoms with E-state index in [0.29, 0.717) is 12.8 Å². The van der Waals surface area contributed by atoms with Gasteiger partial charge in [-0.3, -0.25) is 9.59 Å². The predicted octanol–water partition coefficient (Wildman–Crippen LogP) is 17.9. The average Bonchev–Trinajstić information content (AvgIpc) is 3.28. The van der Waals surface area contributed by atoms with E-state index in [4.69, 9.17) is 9.47 Å². The zero-order chi connectivity index (χ0) is 44.9. The van der Waals surface area contributed by atoms with Gasteiger partial charge in [0.05, 0.1) is 6.61 Å². The van der Waals surface area contributed by atoms with E-state index in [2.05, 4.69) is 74.6 Å². The van der Waals surface area contributed by atoms with Gasteiger partial charge >= 0.3 is 11.9 Å². The molecule has 0 aliphatic rings. The van der Waals surface area contributed by atoms with Crippen LogP contribution in [0.1, 0.15) is 271 Å². The summed E-state index contributed by atoms with van der Waals surface area (Å²) in [7, 11) is 0. The van der Waals surface area contributed by atoms with E-state index >= 15 is 0 Å². The van der Waals surface area contributed by atoms with E-state index in [0.717, 1.165) is 70.6 Å². The van der Waals surface area contributed by atoms with Crippen LogP contribution in [0.2, 0.25) is 0 Å². The number of allylic oxidation sites excluding steroid dienone is 10. The van der Waals surface area contributed by atoms with Gasteiger partial charge in [-0.15, -0.1) is 0 Å². The molecule has 62 heavy (non-hydrogen) atoms. The lowest BCUT2D eigenvalue weighted by atomic mass is 10.0. The van der Waals surface area contributed by atoms with Crippen LogP contribution >= 0.6 is 0 Å². The van der Waals surface area contributed by atoms with Gasteiger partial charge in [-0.25, -0.2) is 0 Å². The number of esters is 2. The first kappa shape index (κ1) is 59.6. The van der Waals surface area contributed by atoms with Gasteiger partial charge in [0.1, 0.15) is 6.61 Å². The van der Waals surface area contributed by atoms with Crippen LogP contribution in [0.5, 0.6) is 0 Å². The molecule has 0 aliphatic carbocycles. The molecule has 1 unspecified atom stereocenters. The van der Waals surface area contributed by atoms with Crippen molar-refractivity contribution in [1.82, 2.24) is 0 Å². The molecule has 0 saturated heterocycles. The third kappa shape index (κ3) is 50.2. The highest BCUT2D eigenvalue weighted by atomic mass is 16.6. The highest BCUT2D eigenvalue weighted by molar-refractivity contribution is 5.70. The fourth-order valence-electron chi connectivity index (χ4n) is 7.78. The van der Waals surface area contributed by atoms with Crippen molar-refractivity contribution in [2.24, 2.45) is 0 Å². The molecule has 0 heterocycles. The van der Waals surface area contributed by atoms with Crippen LogP contribution in [0, 0.1) is 0 Å². The lowest BCUT2D eigenvalue weighted by Gasteiger charge is -2.15. The number of carbonyl (C=O) groups is 2. The number of rotatable bonds is 49. The van der Waals surface area contributed by atoms with Crippen molar-refractivity contribution in [3.05, 3.63) is 60.8 Å². The zero-order valence-electron chi connectivity index (χ0n) is 41.1. The third-order valence-corrected chi connectivity index (χ3v) is 11.8. The second-order valence-electron chi connectivity index (χ2n) is 17.9. The summed E-state index contributed by atoms with van der Waals surface area (Å²) in [6, 6.07) is 0. The molecule has 0 aromatic heterocycles. The van der Waals surface area contributed by atoms with Crippen molar-refractivity contribution in [2.45, 2.75) is 277 Å². The molecular weight excluding hydrogens is 765 g/mol. The van der Waals surface area contributed by atoms with Crippen LogP contribution in [0.15, 0.2) is 60.8 Å². The Morgan fingerprint density at radius 2 is 0.694 bits per heavy atom. The molecule has 360 valence electrons. The SMILES string of the molecule is CC/C=C\C/C=C\C/C=C\C/C=C\CCCCCCCCC(=O)OC(CO)COC(=O)CCCCCCCCCCCCCCCCCCC/C=C\CCCCCCCCCC. The summed E-state index contributed by atoms with van der Waals surface area (Å²) in [6.07, 6.45) is 70.5. The second-order valence-corrected chi connectivity index (χ2v) is 17.9. The van der Waals surface area contributed by atoms with Crippen molar-refractivity contribution >= 4 is 11.9 Å². The second kappa shape index (κ2) is 52.9. The van der Waals surface area contributed by atoms with E-state index < -0.39 is 6.10 Å². The van der Waals surface area contributed by atoms with Crippen LogP contribution in [0.3, 0.4) is 0 Å². The van der Waals surface area contributed by atoms with Crippen molar-refractivity contribution < 1.29 is 24.2 Å². The van der Waals surface area contributed by atoms with Gasteiger partial charge < -0.3 is 14.6 Å². The predicted molar refractivity (Wildman–Crippen MR) is 270 cm³/mol. The van der Waals surface area contributed by atoms with Gasteiger partial charge in [0.25, 0.3) is 0 Å². The molecule has 0 spiro atoms. The summed E-state index contributed by atoms with van der Waals surface area (Å²) in [5.41, 5.74) is 0. The van der Waals surface area contributed by atoms with E-state index in [1.165, 1.54) is 173 Å². The van der Waals surface area contributed by atoms with E-state index in [9.17, 15) is 14.7 Å². The number of aliphatic hydroxyl groups excluding tert-OH is 1. The van der Waals surface area contributed by atoms with Crippen LogP contribution in [0.4, 0.5) is 0 Å².